The number of anilines is 1. The minimum atomic E-state index is 0.244. The Morgan fingerprint density at radius 3 is 3.03 bits per heavy atom. The van der Waals surface area contributed by atoms with Crippen LogP contribution in [0.4, 0.5) is 5.82 Å². The molecule has 162 valence electrons. The summed E-state index contributed by atoms with van der Waals surface area (Å²) in [5.41, 5.74) is 1.15. The van der Waals surface area contributed by atoms with Crippen LogP contribution in [0.2, 0.25) is 0 Å². The van der Waals surface area contributed by atoms with Crippen molar-refractivity contribution in [3.8, 4) is 0 Å². The number of guanidine groups is 1. The minimum absolute atomic E-state index is 0.244. The Kier molecular flexibility index (Phi) is 6.75. The second-order valence-corrected chi connectivity index (χ2v) is 7.45. The zero-order valence-electron chi connectivity index (χ0n) is 17.7. The molecule has 0 saturated carbocycles. The van der Waals surface area contributed by atoms with E-state index >= 15 is 0 Å². The zero-order chi connectivity index (χ0) is 20.8. The molecule has 30 heavy (non-hydrogen) atoms. The van der Waals surface area contributed by atoms with Crippen molar-refractivity contribution in [1.82, 2.24) is 30.4 Å². The average Bonchev–Trinajstić information content (AvgIpc) is 3.19. The number of aliphatic imine (C=N–C) groups is 1. The van der Waals surface area contributed by atoms with Gasteiger partial charge in [-0.15, -0.1) is 0 Å². The highest BCUT2D eigenvalue weighted by Crippen LogP contribution is 2.18. The van der Waals surface area contributed by atoms with E-state index in [1.165, 1.54) is 0 Å². The molecule has 4 rings (SSSR count). The van der Waals surface area contributed by atoms with E-state index < -0.39 is 0 Å². The normalized spacial score (nSPS) is 19.5. The van der Waals surface area contributed by atoms with Crippen LogP contribution in [0.25, 0.3) is 0 Å². The molecule has 1 fully saturated rings. The molecule has 2 aliphatic heterocycles. The Morgan fingerprint density at radius 1 is 1.37 bits per heavy atom. The minimum Gasteiger partial charge on any atom is -0.378 e. The van der Waals surface area contributed by atoms with Gasteiger partial charge in [-0.2, -0.15) is 5.10 Å². The van der Waals surface area contributed by atoms with Crippen LogP contribution in [0.15, 0.2) is 23.3 Å². The molecule has 2 aliphatic rings. The first-order valence-electron chi connectivity index (χ1n) is 10.4. The lowest BCUT2D eigenvalue weighted by molar-refractivity contribution is 0.122. The molecule has 4 heterocycles. The number of ether oxygens (including phenoxy) is 2. The van der Waals surface area contributed by atoms with E-state index in [9.17, 15) is 0 Å². The number of aryl methyl sites for hydroxylation is 1. The molecule has 1 saturated heterocycles. The van der Waals surface area contributed by atoms with Crippen molar-refractivity contribution in [2.45, 2.75) is 38.6 Å². The number of nitrogens with zero attached hydrogens (tertiary/aromatic N) is 6. The maximum Gasteiger partial charge on any atom is 0.191 e. The van der Waals surface area contributed by atoms with E-state index in [1.807, 2.05) is 16.9 Å². The van der Waals surface area contributed by atoms with Gasteiger partial charge in [-0.1, -0.05) is 6.07 Å². The summed E-state index contributed by atoms with van der Waals surface area (Å²) in [6.45, 7) is 5.07. The van der Waals surface area contributed by atoms with Crippen molar-refractivity contribution in [3.05, 3.63) is 35.5 Å². The standard InChI is InChI=1S/C20H30N8O2/c1-21-20(24-16-5-6-18-25-17(14-29-2)26-28(18)13-16)23-12-15-4-3-7-22-19(15)27-8-10-30-11-9-27/h3-4,7,16H,5-6,8-14H2,1-2H3,(H2,21,23,24). The van der Waals surface area contributed by atoms with Crippen LogP contribution < -0.4 is 15.5 Å². The van der Waals surface area contributed by atoms with Crippen LogP contribution >= 0.6 is 0 Å². The monoisotopic (exact) mass is 414 g/mol. The molecule has 2 aromatic heterocycles. The lowest BCUT2D eigenvalue weighted by atomic mass is 10.1. The molecule has 0 aromatic carbocycles. The van der Waals surface area contributed by atoms with E-state index in [0.717, 1.165) is 74.7 Å². The van der Waals surface area contributed by atoms with Crippen LogP contribution in [0.1, 0.15) is 23.6 Å². The summed E-state index contributed by atoms with van der Waals surface area (Å²) in [6.07, 6.45) is 3.71. The number of pyridine rings is 1. The molecule has 0 bridgehead atoms. The van der Waals surface area contributed by atoms with Gasteiger partial charge in [-0.25, -0.2) is 14.6 Å². The molecule has 1 unspecified atom stereocenters. The largest absolute Gasteiger partial charge is 0.378 e. The van der Waals surface area contributed by atoms with E-state index in [-0.39, 0.29) is 6.04 Å². The topological polar surface area (TPSA) is 102 Å². The first-order valence-corrected chi connectivity index (χ1v) is 10.4. The van der Waals surface area contributed by atoms with Gasteiger partial charge >= 0.3 is 0 Å². The van der Waals surface area contributed by atoms with Gasteiger partial charge in [0.15, 0.2) is 11.8 Å². The van der Waals surface area contributed by atoms with Crippen LogP contribution in [-0.2, 0) is 35.6 Å². The summed E-state index contributed by atoms with van der Waals surface area (Å²) >= 11 is 0. The lowest BCUT2D eigenvalue weighted by Gasteiger charge is -2.29. The summed E-state index contributed by atoms with van der Waals surface area (Å²) in [7, 11) is 3.45. The third-order valence-electron chi connectivity index (χ3n) is 5.36. The Hall–Kier alpha value is -2.72. The van der Waals surface area contributed by atoms with Crippen molar-refractivity contribution in [1.29, 1.82) is 0 Å². The van der Waals surface area contributed by atoms with Crippen molar-refractivity contribution in [3.63, 3.8) is 0 Å². The zero-order valence-corrected chi connectivity index (χ0v) is 17.7. The maximum atomic E-state index is 5.47. The molecule has 2 N–H and O–H groups in total. The van der Waals surface area contributed by atoms with Crippen LogP contribution in [0.3, 0.4) is 0 Å². The number of hydrogen-bond acceptors (Lipinski definition) is 7. The van der Waals surface area contributed by atoms with Crippen LogP contribution in [0.5, 0.6) is 0 Å². The highest BCUT2D eigenvalue weighted by Gasteiger charge is 2.22. The highest BCUT2D eigenvalue weighted by molar-refractivity contribution is 5.80. The van der Waals surface area contributed by atoms with E-state index in [4.69, 9.17) is 9.47 Å². The summed E-state index contributed by atoms with van der Waals surface area (Å²) < 4.78 is 12.6. The summed E-state index contributed by atoms with van der Waals surface area (Å²) in [4.78, 5) is 15.8. The number of nitrogens with one attached hydrogen (secondary N) is 2. The van der Waals surface area contributed by atoms with Gasteiger partial charge < -0.3 is 25.0 Å². The van der Waals surface area contributed by atoms with Crippen LogP contribution in [0, 0.1) is 0 Å². The average molecular weight is 415 g/mol. The third-order valence-corrected chi connectivity index (χ3v) is 5.36. The molecule has 1 atom stereocenters. The number of rotatable bonds is 6. The van der Waals surface area contributed by atoms with Crippen molar-refractivity contribution >= 4 is 11.8 Å². The number of methoxy groups -OCH3 is 1. The second-order valence-electron chi connectivity index (χ2n) is 7.45. The van der Waals surface area contributed by atoms with E-state index in [1.54, 1.807) is 14.2 Å². The van der Waals surface area contributed by atoms with Gasteiger partial charge in [-0.05, 0) is 12.5 Å². The predicted molar refractivity (Wildman–Crippen MR) is 113 cm³/mol. The maximum absolute atomic E-state index is 5.47. The Balaban J connectivity index is 1.35. The fraction of sp³-hybridized carbons (Fsp3) is 0.600. The first-order chi connectivity index (χ1) is 14.8. The molecular weight excluding hydrogens is 384 g/mol. The second kappa shape index (κ2) is 9.86. The van der Waals surface area contributed by atoms with Crippen LogP contribution in [-0.4, -0.2) is 72.2 Å². The Labute approximate surface area is 176 Å². The van der Waals surface area contributed by atoms with E-state index in [0.29, 0.717) is 13.2 Å². The summed E-state index contributed by atoms with van der Waals surface area (Å²) in [5.74, 6) is 3.55. The van der Waals surface area contributed by atoms with Crippen molar-refractivity contribution in [2.75, 3.05) is 45.4 Å². The Bertz CT molecular complexity index is 862. The molecule has 0 aliphatic carbocycles. The van der Waals surface area contributed by atoms with E-state index in [2.05, 4.69) is 41.7 Å². The Morgan fingerprint density at radius 2 is 2.23 bits per heavy atom. The summed E-state index contributed by atoms with van der Waals surface area (Å²) in [5, 5.41) is 11.5. The first kappa shape index (κ1) is 20.5. The van der Waals surface area contributed by atoms with Gasteiger partial charge in [0.25, 0.3) is 0 Å². The molecule has 10 heteroatoms. The molecule has 2 aromatic rings. The number of morpholine rings is 1. The number of hydrogen-bond donors (Lipinski definition) is 2. The van der Waals surface area contributed by atoms with Gasteiger partial charge in [0.2, 0.25) is 0 Å². The molecule has 10 nitrogen and oxygen atoms in total. The van der Waals surface area contributed by atoms with Crippen molar-refractivity contribution in [2.24, 2.45) is 4.99 Å². The number of aromatic nitrogens is 4. The van der Waals surface area contributed by atoms with Crippen molar-refractivity contribution < 1.29 is 9.47 Å². The molecule has 0 radical (unpaired) electrons. The van der Waals surface area contributed by atoms with Gasteiger partial charge in [0.1, 0.15) is 18.2 Å². The fourth-order valence-corrected chi connectivity index (χ4v) is 3.86. The smallest absolute Gasteiger partial charge is 0.191 e. The van der Waals surface area contributed by atoms with Gasteiger partial charge in [-0.3, -0.25) is 4.99 Å². The molecule has 0 amide bonds. The predicted octanol–water partition coefficient (Wildman–Crippen LogP) is 0.336. The fourth-order valence-electron chi connectivity index (χ4n) is 3.86. The third kappa shape index (κ3) is 4.88. The quantitative estimate of drug-likeness (QED) is 0.515. The SMILES string of the molecule is CN=C(NCc1cccnc1N1CCOCC1)NC1CCc2nc(COC)nn2C1. The van der Waals surface area contributed by atoms with Gasteiger partial charge in [0, 0.05) is 58.0 Å². The lowest BCUT2D eigenvalue weighted by Crippen LogP contribution is -2.47. The molecule has 0 spiro atoms. The highest BCUT2D eigenvalue weighted by atomic mass is 16.5. The molecular formula is C20H30N8O2. The summed E-state index contributed by atoms with van der Waals surface area (Å²) in [6, 6.07) is 4.33. The van der Waals surface area contributed by atoms with Gasteiger partial charge in [0.05, 0.1) is 19.8 Å². The number of fused-ring (bicyclic) bond motifs is 1.